The standard InChI is InChI=1S/C18H10ClN5OS/c19-14-6-4-12(5-7-14)15-10-26-18-22-17(23-24(15)18)21-16(25)13-3-1-2-11(8-13)9-20/h1-8,10H,(H,21,23,25). The quantitative estimate of drug-likeness (QED) is 0.577. The summed E-state index contributed by atoms with van der Waals surface area (Å²) in [6.07, 6.45) is 0. The summed E-state index contributed by atoms with van der Waals surface area (Å²) in [6.45, 7) is 0. The number of hydrogen-bond donors (Lipinski definition) is 1. The van der Waals surface area contributed by atoms with Gasteiger partial charge in [-0.25, -0.2) is 4.52 Å². The van der Waals surface area contributed by atoms with Gasteiger partial charge in [-0.1, -0.05) is 29.8 Å². The van der Waals surface area contributed by atoms with Crippen LogP contribution in [0.15, 0.2) is 53.9 Å². The van der Waals surface area contributed by atoms with Crippen LogP contribution in [0.2, 0.25) is 5.02 Å². The minimum absolute atomic E-state index is 0.208. The van der Waals surface area contributed by atoms with Gasteiger partial charge in [0.2, 0.25) is 4.96 Å². The van der Waals surface area contributed by atoms with Crippen molar-refractivity contribution in [1.82, 2.24) is 14.6 Å². The molecule has 2 aromatic carbocycles. The van der Waals surface area contributed by atoms with E-state index >= 15 is 0 Å². The van der Waals surface area contributed by atoms with E-state index in [9.17, 15) is 4.79 Å². The Bertz CT molecular complexity index is 1160. The lowest BCUT2D eigenvalue weighted by atomic mass is 10.1. The third-order valence-corrected chi connectivity index (χ3v) is 4.77. The Hall–Kier alpha value is -3.21. The Morgan fingerprint density at radius 3 is 2.81 bits per heavy atom. The maximum atomic E-state index is 12.4. The summed E-state index contributed by atoms with van der Waals surface area (Å²) >= 11 is 7.36. The smallest absolute Gasteiger partial charge is 0.258 e. The Morgan fingerprint density at radius 2 is 2.04 bits per heavy atom. The van der Waals surface area contributed by atoms with Crippen LogP contribution in [0.5, 0.6) is 0 Å². The molecule has 0 atom stereocenters. The molecule has 6 nitrogen and oxygen atoms in total. The van der Waals surface area contributed by atoms with Gasteiger partial charge in [-0.2, -0.15) is 10.2 Å². The molecule has 4 rings (SSSR count). The fraction of sp³-hybridized carbons (Fsp3) is 0. The molecule has 0 spiro atoms. The lowest BCUT2D eigenvalue weighted by Crippen LogP contribution is -2.13. The first-order chi connectivity index (χ1) is 12.6. The lowest BCUT2D eigenvalue weighted by Gasteiger charge is -2.01. The van der Waals surface area contributed by atoms with Gasteiger partial charge in [-0.15, -0.1) is 16.4 Å². The van der Waals surface area contributed by atoms with Crippen LogP contribution in [-0.2, 0) is 0 Å². The molecule has 0 saturated carbocycles. The van der Waals surface area contributed by atoms with E-state index in [1.54, 1.807) is 22.7 Å². The summed E-state index contributed by atoms with van der Waals surface area (Å²) in [7, 11) is 0. The average Bonchev–Trinajstić information content (AvgIpc) is 3.22. The van der Waals surface area contributed by atoms with Crippen LogP contribution in [0.4, 0.5) is 5.95 Å². The lowest BCUT2D eigenvalue weighted by molar-refractivity contribution is 0.102. The number of hydrogen-bond acceptors (Lipinski definition) is 5. The number of fused-ring (bicyclic) bond motifs is 1. The molecule has 0 aliphatic heterocycles. The Balaban J connectivity index is 1.63. The molecule has 0 fully saturated rings. The predicted octanol–water partition coefficient (Wildman–Crippen LogP) is 4.24. The van der Waals surface area contributed by atoms with E-state index in [1.807, 2.05) is 35.7 Å². The van der Waals surface area contributed by atoms with Crippen LogP contribution in [0.3, 0.4) is 0 Å². The van der Waals surface area contributed by atoms with Gasteiger partial charge in [0.05, 0.1) is 17.3 Å². The van der Waals surface area contributed by atoms with Gasteiger partial charge in [0, 0.05) is 21.5 Å². The molecule has 2 aromatic heterocycles. The minimum Gasteiger partial charge on any atom is -0.289 e. The zero-order valence-electron chi connectivity index (χ0n) is 13.2. The van der Waals surface area contributed by atoms with E-state index in [4.69, 9.17) is 16.9 Å². The van der Waals surface area contributed by atoms with Crippen molar-refractivity contribution in [2.45, 2.75) is 0 Å². The SMILES string of the molecule is N#Cc1cccc(C(=O)Nc2nc3scc(-c4ccc(Cl)cc4)n3n2)c1. The molecule has 0 unspecified atom stereocenters. The second-order valence-electron chi connectivity index (χ2n) is 5.40. The summed E-state index contributed by atoms with van der Waals surface area (Å²) in [5.41, 5.74) is 2.60. The summed E-state index contributed by atoms with van der Waals surface area (Å²) in [6, 6.07) is 15.9. The van der Waals surface area contributed by atoms with E-state index in [0.29, 0.717) is 21.1 Å². The molecule has 2 heterocycles. The Labute approximate surface area is 157 Å². The molecule has 4 aromatic rings. The number of nitrogens with zero attached hydrogens (tertiary/aromatic N) is 4. The highest BCUT2D eigenvalue weighted by molar-refractivity contribution is 7.15. The van der Waals surface area contributed by atoms with Crippen LogP contribution < -0.4 is 5.32 Å². The number of carbonyl (C=O) groups excluding carboxylic acids is 1. The topological polar surface area (TPSA) is 83.1 Å². The third-order valence-electron chi connectivity index (χ3n) is 3.70. The number of carbonyl (C=O) groups is 1. The molecule has 0 saturated heterocycles. The molecule has 0 aliphatic carbocycles. The number of aromatic nitrogens is 3. The monoisotopic (exact) mass is 379 g/mol. The maximum Gasteiger partial charge on any atom is 0.258 e. The van der Waals surface area contributed by atoms with Crippen LogP contribution in [-0.4, -0.2) is 20.5 Å². The minimum atomic E-state index is -0.367. The highest BCUT2D eigenvalue weighted by atomic mass is 35.5. The molecular weight excluding hydrogens is 370 g/mol. The van der Waals surface area contributed by atoms with Crippen molar-refractivity contribution in [3.8, 4) is 17.3 Å². The number of thiazole rings is 1. The number of nitriles is 1. The van der Waals surface area contributed by atoms with Crippen molar-refractivity contribution in [3.63, 3.8) is 0 Å². The molecule has 1 N–H and O–H groups in total. The fourth-order valence-electron chi connectivity index (χ4n) is 2.46. The third kappa shape index (κ3) is 3.04. The predicted molar refractivity (Wildman–Crippen MR) is 100 cm³/mol. The van der Waals surface area contributed by atoms with E-state index in [-0.39, 0.29) is 11.9 Å². The van der Waals surface area contributed by atoms with Crippen LogP contribution in [0.1, 0.15) is 15.9 Å². The molecule has 0 aliphatic rings. The van der Waals surface area contributed by atoms with Crippen molar-refractivity contribution in [2.24, 2.45) is 0 Å². The summed E-state index contributed by atoms with van der Waals surface area (Å²) in [5.74, 6) is -0.159. The molecule has 126 valence electrons. The van der Waals surface area contributed by atoms with Crippen molar-refractivity contribution >= 4 is 39.8 Å². The maximum absolute atomic E-state index is 12.4. The zero-order valence-corrected chi connectivity index (χ0v) is 14.8. The molecule has 1 amide bonds. The van der Waals surface area contributed by atoms with Gasteiger partial charge in [0.25, 0.3) is 11.9 Å². The van der Waals surface area contributed by atoms with Gasteiger partial charge in [-0.3, -0.25) is 10.1 Å². The second kappa shape index (κ2) is 6.59. The number of anilines is 1. The van der Waals surface area contributed by atoms with Crippen LogP contribution in [0, 0.1) is 11.3 Å². The van der Waals surface area contributed by atoms with Crippen molar-refractivity contribution in [1.29, 1.82) is 5.26 Å². The van der Waals surface area contributed by atoms with Gasteiger partial charge in [-0.05, 0) is 30.3 Å². The van der Waals surface area contributed by atoms with Crippen molar-refractivity contribution < 1.29 is 4.79 Å². The number of benzene rings is 2. The largest absolute Gasteiger partial charge is 0.289 e. The highest BCUT2D eigenvalue weighted by Crippen LogP contribution is 2.27. The first-order valence-electron chi connectivity index (χ1n) is 7.56. The summed E-state index contributed by atoms with van der Waals surface area (Å²) in [5, 5.41) is 18.6. The number of halogens is 1. The molecule has 0 radical (unpaired) electrons. The van der Waals surface area contributed by atoms with Crippen molar-refractivity contribution in [3.05, 3.63) is 70.1 Å². The molecule has 8 heteroatoms. The van der Waals surface area contributed by atoms with Crippen LogP contribution in [0.25, 0.3) is 16.2 Å². The number of rotatable bonds is 3. The molecular formula is C18H10ClN5OS. The van der Waals surface area contributed by atoms with Gasteiger partial charge >= 0.3 is 0 Å². The van der Waals surface area contributed by atoms with Gasteiger partial charge in [0.15, 0.2) is 0 Å². The second-order valence-corrected chi connectivity index (χ2v) is 6.68. The number of nitrogens with one attached hydrogen (secondary N) is 1. The van der Waals surface area contributed by atoms with Gasteiger partial charge in [0.1, 0.15) is 0 Å². The van der Waals surface area contributed by atoms with E-state index in [1.165, 1.54) is 17.4 Å². The fourth-order valence-corrected chi connectivity index (χ4v) is 3.41. The summed E-state index contributed by atoms with van der Waals surface area (Å²) < 4.78 is 1.68. The van der Waals surface area contributed by atoms with E-state index in [2.05, 4.69) is 15.4 Å². The van der Waals surface area contributed by atoms with E-state index < -0.39 is 0 Å². The van der Waals surface area contributed by atoms with Gasteiger partial charge < -0.3 is 0 Å². The Kier molecular flexibility index (Phi) is 4.13. The first kappa shape index (κ1) is 16.3. The zero-order chi connectivity index (χ0) is 18.1. The highest BCUT2D eigenvalue weighted by Gasteiger charge is 2.14. The Morgan fingerprint density at radius 1 is 1.23 bits per heavy atom. The molecule has 26 heavy (non-hydrogen) atoms. The average molecular weight is 380 g/mol. The van der Waals surface area contributed by atoms with Crippen molar-refractivity contribution in [2.75, 3.05) is 5.32 Å². The van der Waals surface area contributed by atoms with Crippen LogP contribution >= 0.6 is 22.9 Å². The van der Waals surface area contributed by atoms with E-state index in [0.717, 1.165) is 11.3 Å². The number of amides is 1. The normalized spacial score (nSPS) is 10.6. The first-order valence-corrected chi connectivity index (χ1v) is 8.81. The molecule has 0 bridgehead atoms. The summed E-state index contributed by atoms with van der Waals surface area (Å²) in [4.78, 5) is 17.3.